The van der Waals surface area contributed by atoms with Gasteiger partial charge in [-0.3, -0.25) is 4.99 Å². The minimum atomic E-state index is 0. The second kappa shape index (κ2) is 14.5. The molecule has 0 saturated heterocycles. The molecule has 0 aliphatic carbocycles. The molecule has 0 aliphatic rings. The summed E-state index contributed by atoms with van der Waals surface area (Å²) in [4.78, 5) is 5.45. The zero-order valence-corrected chi connectivity index (χ0v) is 20.4. The third kappa shape index (κ3) is 8.84. The molecule has 0 heterocycles. The van der Waals surface area contributed by atoms with Crippen LogP contribution in [-0.4, -0.2) is 50.7 Å². The Morgan fingerprint density at radius 2 is 1.72 bits per heavy atom. The van der Waals surface area contributed by atoms with Crippen LogP contribution in [0.25, 0.3) is 0 Å². The first-order valence-corrected chi connectivity index (χ1v) is 10.5. The maximum absolute atomic E-state index is 9.69. The molecule has 2 rings (SSSR count). The first-order valence-electron chi connectivity index (χ1n) is 9.54. The van der Waals surface area contributed by atoms with Crippen molar-refractivity contribution in [3.63, 3.8) is 0 Å². The third-order valence-corrected chi connectivity index (χ3v) is 5.83. The van der Waals surface area contributed by atoms with E-state index < -0.39 is 0 Å². The Kier molecular flexibility index (Phi) is 12.8. The number of methoxy groups -OCH3 is 1. The number of para-hydroxylation sites is 1. The fourth-order valence-corrected chi connectivity index (χ4v) is 3.80. The smallest absolute Gasteiger partial charge is 0.191 e. The molecule has 0 amide bonds. The Morgan fingerprint density at radius 1 is 1.07 bits per heavy atom. The number of guanidine groups is 1. The lowest BCUT2D eigenvalue weighted by molar-refractivity contribution is 0.265. The maximum Gasteiger partial charge on any atom is 0.191 e. The first-order chi connectivity index (χ1) is 13.7. The van der Waals surface area contributed by atoms with Gasteiger partial charge in [-0.05, 0) is 23.6 Å². The van der Waals surface area contributed by atoms with E-state index in [9.17, 15) is 5.11 Å². The molecule has 7 heteroatoms. The van der Waals surface area contributed by atoms with Crippen molar-refractivity contribution in [1.29, 1.82) is 0 Å². The highest BCUT2D eigenvalue weighted by Crippen LogP contribution is 2.29. The minimum absolute atomic E-state index is 0. The van der Waals surface area contributed by atoms with Crippen molar-refractivity contribution in [2.24, 2.45) is 10.9 Å². The van der Waals surface area contributed by atoms with E-state index in [2.05, 4.69) is 28.6 Å². The quantitative estimate of drug-likeness (QED) is 0.188. The number of aliphatic imine (C=N–C) groups is 1. The molecule has 0 aromatic heterocycles. The lowest BCUT2D eigenvalue weighted by Crippen LogP contribution is -2.41. The van der Waals surface area contributed by atoms with Crippen LogP contribution >= 0.6 is 35.7 Å². The van der Waals surface area contributed by atoms with Gasteiger partial charge in [-0.25, -0.2) is 0 Å². The summed E-state index contributed by atoms with van der Waals surface area (Å²) in [5.41, 5.74) is 1.12. The maximum atomic E-state index is 9.69. The van der Waals surface area contributed by atoms with E-state index in [1.54, 1.807) is 25.9 Å². The number of benzene rings is 2. The van der Waals surface area contributed by atoms with Crippen LogP contribution in [-0.2, 0) is 0 Å². The number of rotatable bonds is 10. The van der Waals surface area contributed by atoms with E-state index in [4.69, 9.17) is 4.74 Å². The molecule has 0 bridgehead atoms. The molecule has 0 spiro atoms. The molecule has 2 unspecified atom stereocenters. The first kappa shape index (κ1) is 25.6. The van der Waals surface area contributed by atoms with E-state index in [0.717, 1.165) is 34.5 Å². The molecule has 5 nitrogen and oxygen atoms in total. The van der Waals surface area contributed by atoms with Crippen molar-refractivity contribution in [1.82, 2.24) is 10.6 Å². The highest BCUT2D eigenvalue weighted by Gasteiger charge is 2.12. The average molecular weight is 529 g/mol. The number of nitrogens with zero attached hydrogens (tertiary/aromatic N) is 1. The van der Waals surface area contributed by atoms with Crippen molar-refractivity contribution in [2.75, 3.05) is 39.6 Å². The molecular formula is C22H32IN3O2S. The summed E-state index contributed by atoms with van der Waals surface area (Å²) in [6.07, 6.45) is 0. The van der Waals surface area contributed by atoms with E-state index in [1.807, 2.05) is 48.5 Å². The standard InChI is InChI=1S/C22H31N3O2S.HI/c1-17(16-28-21-12-8-7-11-20(21)27-3)13-24-22(23-2)25-14-19(15-26)18-9-5-4-6-10-18;/h4-12,17,19,26H,13-16H2,1-3H3,(H2,23,24,25);1H. The number of nitrogens with one attached hydrogen (secondary N) is 2. The van der Waals surface area contributed by atoms with Crippen LogP contribution in [0, 0.1) is 5.92 Å². The van der Waals surface area contributed by atoms with Gasteiger partial charge in [0.25, 0.3) is 0 Å². The normalized spacial score (nSPS) is 13.2. The second-order valence-electron chi connectivity index (χ2n) is 6.69. The predicted octanol–water partition coefficient (Wildman–Crippen LogP) is 3.98. The Labute approximate surface area is 195 Å². The monoisotopic (exact) mass is 529 g/mol. The SMILES string of the molecule is CN=C(NCC(C)CSc1ccccc1OC)NCC(CO)c1ccccc1.I. The summed E-state index contributed by atoms with van der Waals surface area (Å²) < 4.78 is 5.41. The van der Waals surface area contributed by atoms with Gasteiger partial charge in [0.1, 0.15) is 5.75 Å². The number of halogens is 1. The van der Waals surface area contributed by atoms with Crippen LogP contribution in [0.2, 0.25) is 0 Å². The molecule has 2 aromatic carbocycles. The Hall–Kier alpha value is -1.45. The molecule has 0 radical (unpaired) electrons. The fourth-order valence-electron chi connectivity index (χ4n) is 2.75. The fraction of sp³-hybridized carbons (Fsp3) is 0.409. The van der Waals surface area contributed by atoms with E-state index in [-0.39, 0.29) is 36.5 Å². The van der Waals surface area contributed by atoms with Gasteiger partial charge in [0.05, 0.1) is 13.7 Å². The summed E-state index contributed by atoms with van der Waals surface area (Å²) in [6.45, 7) is 3.75. The summed E-state index contributed by atoms with van der Waals surface area (Å²) in [5, 5.41) is 16.4. The molecule has 160 valence electrons. The van der Waals surface area contributed by atoms with Gasteiger partial charge < -0.3 is 20.5 Å². The largest absolute Gasteiger partial charge is 0.496 e. The molecule has 2 aromatic rings. The van der Waals surface area contributed by atoms with Crippen molar-refractivity contribution in [3.05, 3.63) is 60.2 Å². The van der Waals surface area contributed by atoms with Gasteiger partial charge in [-0.1, -0.05) is 49.4 Å². The molecule has 0 fully saturated rings. The van der Waals surface area contributed by atoms with Crippen LogP contribution in [0.4, 0.5) is 0 Å². The number of aliphatic hydroxyl groups excluding tert-OH is 1. The van der Waals surface area contributed by atoms with Crippen LogP contribution in [0.5, 0.6) is 5.75 Å². The van der Waals surface area contributed by atoms with Crippen LogP contribution in [0.3, 0.4) is 0 Å². The van der Waals surface area contributed by atoms with Gasteiger partial charge in [0, 0.05) is 36.7 Å². The van der Waals surface area contributed by atoms with E-state index in [1.165, 1.54) is 0 Å². The molecule has 2 atom stereocenters. The zero-order chi connectivity index (χ0) is 20.2. The Balaban J connectivity index is 0.00000420. The second-order valence-corrected chi connectivity index (χ2v) is 7.75. The number of hydrogen-bond acceptors (Lipinski definition) is 4. The highest BCUT2D eigenvalue weighted by molar-refractivity contribution is 14.0. The Morgan fingerprint density at radius 3 is 2.38 bits per heavy atom. The van der Waals surface area contributed by atoms with Crippen molar-refractivity contribution >= 4 is 41.7 Å². The summed E-state index contributed by atoms with van der Waals surface area (Å²) in [7, 11) is 3.47. The van der Waals surface area contributed by atoms with Gasteiger partial charge in [-0.2, -0.15) is 0 Å². The number of aliphatic hydroxyl groups is 1. The molecule has 3 N–H and O–H groups in total. The van der Waals surface area contributed by atoms with E-state index in [0.29, 0.717) is 12.5 Å². The summed E-state index contributed by atoms with van der Waals surface area (Å²) in [6, 6.07) is 18.1. The van der Waals surface area contributed by atoms with Gasteiger partial charge >= 0.3 is 0 Å². The number of hydrogen-bond donors (Lipinski definition) is 3. The lowest BCUT2D eigenvalue weighted by Gasteiger charge is -2.19. The van der Waals surface area contributed by atoms with Gasteiger partial charge in [-0.15, -0.1) is 35.7 Å². The predicted molar refractivity (Wildman–Crippen MR) is 134 cm³/mol. The zero-order valence-electron chi connectivity index (χ0n) is 17.3. The number of thioether (sulfide) groups is 1. The molecule has 29 heavy (non-hydrogen) atoms. The lowest BCUT2D eigenvalue weighted by atomic mass is 10.0. The summed E-state index contributed by atoms with van der Waals surface area (Å²) >= 11 is 1.80. The Bertz CT molecular complexity index is 731. The van der Waals surface area contributed by atoms with Crippen LogP contribution < -0.4 is 15.4 Å². The average Bonchev–Trinajstić information content (AvgIpc) is 2.75. The third-order valence-electron chi connectivity index (χ3n) is 4.44. The molecular weight excluding hydrogens is 497 g/mol. The van der Waals surface area contributed by atoms with Crippen LogP contribution in [0.1, 0.15) is 18.4 Å². The van der Waals surface area contributed by atoms with Gasteiger partial charge in [0.2, 0.25) is 0 Å². The van der Waals surface area contributed by atoms with Crippen LogP contribution in [0.15, 0.2) is 64.5 Å². The summed E-state index contributed by atoms with van der Waals surface area (Å²) in [5.74, 6) is 3.15. The minimum Gasteiger partial charge on any atom is -0.496 e. The van der Waals surface area contributed by atoms with E-state index >= 15 is 0 Å². The topological polar surface area (TPSA) is 65.9 Å². The van der Waals surface area contributed by atoms with Gasteiger partial charge in [0.15, 0.2) is 5.96 Å². The van der Waals surface area contributed by atoms with Crippen molar-refractivity contribution < 1.29 is 9.84 Å². The highest BCUT2D eigenvalue weighted by atomic mass is 127. The van der Waals surface area contributed by atoms with Crippen molar-refractivity contribution in [2.45, 2.75) is 17.7 Å². The molecule has 0 aliphatic heterocycles. The van der Waals surface area contributed by atoms with Crippen molar-refractivity contribution in [3.8, 4) is 5.75 Å². The molecule has 0 saturated carbocycles. The number of ether oxygens (including phenoxy) is 1.